The Kier molecular flexibility index (Phi) is 6.90. The summed E-state index contributed by atoms with van der Waals surface area (Å²) < 4.78 is 36.1. The summed E-state index contributed by atoms with van der Waals surface area (Å²) in [6, 6.07) is 12.6. The van der Waals surface area contributed by atoms with Gasteiger partial charge < -0.3 is 14.8 Å². The van der Waals surface area contributed by atoms with Crippen molar-refractivity contribution in [1.82, 2.24) is 5.32 Å². The van der Waals surface area contributed by atoms with Gasteiger partial charge in [0.25, 0.3) is 0 Å². The molecular weight excluding hydrogens is 380 g/mol. The van der Waals surface area contributed by atoms with Gasteiger partial charge in [-0.2, -0.15) is 0 Å². The predicted molar refractivity (Wildman–Crippen MR) is 109 cm³/mol. The summed E-state index contributed by atoms with van der Waals surface area (Å²) in [5.41, 5.74) is 1.28. The number of nitrogens with one attached hydrogen (secondary N) is 1. The van der Waals surface area contributed by atoms with E-state index in [9.17, 15) is 13.2 Å². The number of benzene rings is 2. The Labute approximate surface area is 166 Å². The molecule has 2 rings (SSSR count). The second-order valence-electron chi connectivity index (χ2n) is 6.44. The summed E-state index contributed by atoms with van der Waals surface area (Å²) in [4.78, 5) is 12.8. The third-order valence-corrected chi connectivity index (χ3v) is 5.63. The lowest BCUT2D eigenvalue weighted by molar-refractivity contribution is -0.122. The van der Waals surface area contributed by atoms with E-state index in [1.165, 1.54) is 7.11 Å². The normalized spacial score (nSPS) is 13.3. The van der Waals surface area contributed by atoms with Crippen molar-refractivity contribution in [3.8, 4) is 11.5 Å². The Hall–Kier alpha value is -2.74. The highest BCUT2D eigenvalue weighted by Crippen LogP contribution is 2.24. The van der Waals surface area contributed by atoms with Crippen molar-refractivity contribution < 1.29 is 22.7 Å². The molecule has 0 fully saturated rings. The van der Waals surface area contributed by atoms with Crippen LogP contribution in [0.1, 0.15) is 25.5 Å². The summed E-state index contributed by atoms with van der Waals surface area (Å²) in [6.45, 7) is 3.39. The number of sulfonamides is 1. The number of rotatable bonds is 8. The molecule has 2 atom stereocenters. The van der Waals surface area contributed by atoms with E-state index in [1.807, 2.05) is 31.2 Å². The molecule has 2 aromatic carbocycles. The van der Waals surface area contributed by atoms with Crippen molar-refractivity contribution in [2.75, 3.05) is 24.8 Å². The number of carbonyl (C=O) groups is 1. The van der Waals surface area contributed by atoms with Gasteiger partial charge >= 0.3 is 0 Å². The summed E-state index contributed by atoms with van der Waals surface area (Å²) in [6.07, 6.45) is 1.08. The van der Waals surface area contributed by atoms with Crippen LogP contribution in [0, 0.1) is 0 Å². The fourth-order valence-electron chi connectivity index (χ4n) is 2.85. The minimum atomic E-state index is -3.68. The third-order valence-electron chi connectivity index (χ3n) is 4.39. The highest BCUT2D eigenvalue weighted by atomic mass is 32.2. The maximum atomic E-state index is 12.8. The van der Waals surface area contributed by atoms with Crippen molar-refractivity contribution in [2.24, 2.45) is 0 Å². The van der Waals surface area contributed by atoms with Crippen LogP contribution >= 0.6 is 0 Å². The second kappa shape index (κ2) is 8.97. The van der Waals surface area contributed by atoms with E-state index in [0.29, 0.717) is 11.4 Å². The molecule has 0 aromatic heterocycles. The molecule has 1 N–H and O–H groups in total. The van der Waals surface area contributed by atoms with E-state index in [2.05, 4.69) is 5.32 Å². The molecule has 1 amide bonds. The first-order valence-electron chi connectivity index (χ1n) is 8.75. The Balaban J connectivity index is 2.20. The molecule has 28 heavy (non-hydrogen) atoms. The monoisotopic (exact) mass is 406 g/mol. The number of methoxy groups -OCH3 is 2. The van der Waals surface area contributed by atoms with Crippen LogP contribution in [0.15, 0.2) is 48.5 Å². The van der Waals surface area contributed by atoms with Crippen LogP contribution < -0.4 is 19.1 Å². The van der Waals surface area contributed by atoms with Crippen molar-refractivity contribution in [3.63, 3.8) is 0 Å². The third kappa shape index (κ3) is 5.16. The van der Waals surface area contributed by atoms with E-state index in [1.54, 1.807) is 38.3 Å². The SMILES string of the molecule is COc1ccc([C@H](C)NC(=O)[C@H](C)N(c2ccc(OC)cc2)S(C)(=O)=O)cc1. The smallest absolute Gasteiger partial charge is 0.244 e. The van der Waals surface area contributed by atoms with Gasteiger partial charge in [-0.25, -0.2) is 8.42 Å². The Morgan fingerprint density at radius 3 is 1.82 bits per heavy atom. The zero-order valence-electron chi connectivity index (χ0n) is 16.7. The lowest BCUT2D eigenvalue weighted by atomic mass is 10.1. The molecule has 0 spiro atoms. The molecule has 0 saturated carbocycles. The number of amides is 1. The number of carbonyl (C=O) groups excluding carboxylic acids is 1. The van der Waals surface area contributed by atoms with Crippen molar-refractivity contribution in [1.29, 1.82) is 0 Å². The van der Waals surface area contributed by atoms with Crippen molar-refractivity contribution in [2.45, 2.75) is 25.9 Å². The zero-order valence-corrected chi connectivity index (χ0v) is 17.5. The fraction of sp³-hybridized carbons (Fsp3) is 0.350. The van der Waals surface area contributed by atoms with Gasteiger partial charge in [0.15, 0.2) is 0 Å². The van der Waals surface area contributed by atoms with Crippen LogP contribution in [-0.2, 0) is 14.8 Å². The average molecular weight is 407 g/mol. The number of hydrogen-bond donors (Lipinski definition) is 1. The van der Waals surface area contributed by atoms with E-state index >= 15 is 0 Å². The maximum Gasteiger partial charge on any atom is 0.244 e. The molecule has 0 aliphatic carbocycles. The summed E-state index contributed by atoms with van der Waals surface area (Å²) in [5, 5.41) is 2.87. The summed E-state index contributed by atoms with van der Waals surface area (Å²) in [5.74, 6) is 0.922. The van der Waals surface area contributed by atoms with Crippen LogP contribution in [0.5, 0.6) is 11.5 Å². The second-order valence-corrected chi connectivity index (χ2v) is 8.30. The summed E-state index contributed by atoms with van der Waals surface area (Å²) >= 11 is 0. The quantitative estimate of drug-likeness (QED) is 0.729. The Morgan fingerprint density at radius 1 is 0.929 bits per heavy atom. The highest BCUT2D eigenvalue weighted by Gasteiger charge is 2.29. The minimum Gasteiger partial charge on any atom is -0.497 e. The number of anilines is 1. The summed E-state index contributed by atoms with van der Waals surface area (Å²) in [7, 11) is -0.564. The van der Waals surface area contributed by atoms with Crippen molar-refractivity contribution >= 4 is 21.6 Å². The lowest BCUT2D eigenvalue weighted by Crippen LogP contribution is -2.48. The standard InChI is InChI=1S/C20H26N2O5S/c1-14(16-6-10-18(26-3)11-7-16)21-20(23)15(2)22(28(5,24)25)17-8-12-19(27-4)13-9-17/h6-15H,1-5H3,(H,21,23)/t14-,15-/m0/s1. The molecular formula is C20H26N2O5S. The van der Waals surface area contributed by atoms with Crippen LogP contribution in [0.3, 0.4) is 0 Å². The molecule has 0 aliphatic rings. The molecule has 0 saturated heterocycles. The Bertz CT molecular complexity index is 895. The van der Waals surface area contributed by atoms with Gasteiger partial charge in [0.2, 0.25) is 15.9 Å². The molecule has 8 heteroatoms. The van der Waals surface area contributed by atoms with E-state index in [4.69, 9.17) is 9.47 Å². The number of hydrogen-bond acceptors (Lipinski definition) is 5. The highest BCUT2D eigenvalue weighted by molar-refractivity contribution is 7.92. The van der Waals surface area contributed by atoms with Gasteiger partial charge in [-0.1, -0.05) is 12.1 Å². The fourth-order valence-corrected chi connectivity index (χ4v) is 4.02. The van der Waals surface area contributed by atoms with E-state index < -0.39 is 22.0 Å². The number of ether oxygens (including phenoxy) is 2. The molecule has 152 valence electrons. The van der Waals surface area contributed by atoms with Crippen LogP contribution in [-0.4, -0.2) is 40.8 Å². The van der Waals surface area contributed by atoms with Crippen LogP contribution in [0.25, 0.3) is 0 Å². The number of nitrogens with zero attached hydrogens (tertiary/aromatic N) is 1. The van der Waals surface area contributed by atoms with Gasteiger partial charge in [0.05, 0.1) is 32.2 Å². The van der Waals surface area contributed by atoms with Crippen LogP contribution in [0.2, 0.25) is 0 Å². The first-order valence-corrected chi connectivity index (χ1v) is 10.6. The largest absolute Gasteiger partial charge is 0.497 e. The van der Waals surface area contributed by atoms with E-state index in [0.717, 1.165) is 21.9 Å². The van der Waals surface area contributed by atoms with Gasteiger partial charge in [0.1, 0.15) is 17.5 Å². The minimum absolute atomic E-state index is 0.293. The van der Waals surface area contributed by atoms with Crippen LogP contribution in [0.4, 0.5) is 5.69 Å². The average Bonchev–Trinajstić information content (AvgIpc) is 2.67. The van der Waals surface area contributed by atoms with Gasteiger partial charge in [0, 0.05) is 0 Å². The Morgan fingerprint density at radius 2 is 1.39 bits per heavy atom. The predicted octanol–water partition coefficient (Wildman–Crippen LogP) is 2.74. The molecule has 0 unspecified atom stereocenters. The first kappa shape index (κ1) is 21.6. The first-order chi connectivity index (χ1) is 13.2. The maximum absolute atomic E-state index is 12.8. The van der Waals surface area contributed by atoms with Gasteiger partial charge in [-0.05, 0) is 55.8 Å². The molecule has 0 aliphatic heterocycles. The molecule has 2 aromatic rings. The zero-order chi connectivity index (χ0) is 20.9. The molecule has 0 radical (unpaired) electrons. The molecule has 7 nitrogen and oxygen atoms in total. The molecule has 0 heterocycles. The van der Waals surface area contributed by atoms with Crippen molar-refractivity contribution in [3.05, 3.63) is 54.1 Å². The molecule has 0 bridgehead atoms. The lowest BCUT2D eigenvalue weighted by Gasteiger charge is -2.29. The topological polar surface area (TPSA) is 84.9 Å². The van der Waals surface area contributed by atoms with Gasteiger partial charge in [-0.3, -0.25) is 9.10 Å². The van der Waals surface area contributed by atoms with Gasteiger partial charge in [-0.15, -0.1) is 0 Å². The van der Waals surface area contributed by atoms with E-state index in [-0.39, 0.29) is 6.04 Å².